The summed E-state index contributed by atoms with van der Waals surface area (Å²) in [6.45, 7) is 4.19. The molecule has 0 aliphatic carbocycles. The number of aliphatic imine (C=N–C) groups is 1. The van der Waals surface area contributed by atoms with Crippen LogP contribution in [-0.4, -0.2) is 46.1 Å². The Morgan fingerprint density at radius 1 is 1.21 bits per heavy atom. The van der Waals surface area contributed by atoms with E-state index in [9.17, 15) is 0 Å². The minimum Gasteiger partial charge on any atom is -0.357 e. The predicted molar refractivity (Wildman–Crippen MR) is 128 cm³/mol. The van der Waals surface area contributed by atoms with Gasteiger partial charge in [-0.3, -0.25) is 9.98 Å². The number of benzene rings is 1. The zero-order valence-electron chi connectivity index (χ0n) is 16.4. The van der Waals surface area contributed by atoms with E-state index in [4.69, 9.17) is 4.52 Å². The molecule has 2 heterocycles. The summed E-state index contributed by atoms with van der Waals surface area (Å²) in [7, 11) is 2.02. The molecule has 0 aliphatic rings. The van der Waals surface area contributed by atoms with Gasteiger partial charge in [-0.1, -0.05) is 39.3 Å². The van der Waals surface area contributed by atoms with Gasteiger partial charge in [0.05, 0.1) is 0 Å². The summed E-state index contributed by atoms with van der Waals surface area (Å²) < 4.78 is 6.36. The van der Waals surface area contributed by atoms with Crippen LogP contribution in [0.25, 0.3) is 11.6 Å². The van der Waals surface area contributed by atoms with E-state index in [-0.39, 0.29) is 24.0 Å². The minimum atomic E-state index is 0. The number of halogens is 2. The molecule has 1 aromatic carbocycles. The minimum absolute atomic E-state index is 0. The van der Waals surface area contributed by atoms with E-state index in [1.54, 1.807) is 6.20 Å². The number of nitrogens with one attached hydrogen (secondary N) is 1. The van der Waals surface area contributed by atoms with Crippen LogP contribution in [0, 0.1) is 0 Å². The van der Waals surface area contributed by atoms with Crippen molar-refractivity contribution in [3.8, 4) is 11.6 Å². The van der Waals surface area contributed by atoms with E-state index in [1.807, 2.05) is 37.4 Å². The fourth-order valence-electron chi connectivity index (χ4n) is 2.62. The third-order valence-corrected chi connectivity index (χ3v) is 4.51. The van der Waals surface area contributed by atoms with Crippen LogP contribution in [0.3, 0.4) is 0 Å². The van der Waals surface area contributed by atoms with Crippen LogP contribution >= 0.6 is 39.9 Å². The highest BCUT2D eigenvalue weighted by molar-refractivity contribution is 14.0. The molecular formula is C20H24BrIN6O. The van der Waals surface area contributed by atoms with E-state index in [2.05, 4.69) is 65.3 Å². The molecule has 0 fully saturated rings. The second kappa shape index (κ2) is 11.9. The number of hydrogen-bond donors (Lipinski definition) is 1. The molecule has 9 heteroatoms. The molecule has 0 unspecified atom stereocenters. The highest BCUT2D eigenvalue weighted by atomic mass is 127. The van der Waals surface area contributed by atoms with Crippen LogP contribution in [0.2, 0.25) is 0 Å². The Balaban J connectivity index is 0.00000300. The number of aromatic nitrogens is 3. The molecule has 0 spiro atoms. The molecule has 0 aliphatic heterocycles. The first-order valence-corrected chi connectivity index (χ1v) is 9.93. The Hall–Kier alpha value is -2.01. The molecule has 7 nitrogen and oxygen atoms in total. The number of hydrogen-bond acceptors (Lipinski definition) is 5. The Bertz CT molecular complexity index is 901. The molecule has 0 bridgehead atoms. The third-order valence-electron chi connectivity index (χ3n) is 3.98. The van der Waals surface area contributed by atoms with Gasteiger partial charge in [-0.25, -0.2) is 0 Å². The SMILES string of the molecule is CCNC(=NCCc1noc(-c2ccccn2)n1)N(C)Cc1ccc(Br)cc1.I. The number of rotatable bonds is 7. The largest absolute Gasteiger partial charge is 0.357 e. The molecule has 0 radical (unpaired) electrons. The molecule has 0 amide bonds. The van der Waals surface area contributed by atoms with Crippen molar-refractivity contribution < 1.29 is 4.52 Å². The zero-order valence-corrected chi connectivity index (χ0v) is 20.3. The first-order chi connectivity index (χ1) is 13.7. The smallest absolute Gasteiger partial charge is 0.276 e. The standard InChI is InChI=1S/C20H23BrN6O.HI/c1-3-22-20(27(2)14-15-7-9-16(21)10-8-15)24-13-11-18-25-19(28-26-18)17-6-4-5-12-23-17;/h4-10,12H,3,11,13-14H2,1-2H3,(H,22,24);1H. The fraction of sp³-hybridized carbons (Fsp3) is 0.300. The molecular weight excluding hydrogens is 547 g/mol. The maximum Gasteiger partial charge on any atom is 0.276 e. The quantitative estimate of drug-likeness (QED) is 0.261. The van der Waals surface area contributed by atoms with Crippen LogP contribution in [0.15, 0.2) is 62.6 Å². The van der Waals surface area contributed by atoms with Gasteiger partial charge in [0, 0.05) is 43.8 Å². The van der Waals surface area contributed by atoms with E-state index in [0.29, 0.717) is 30.4 Å². The van der Waals surface area contributed by atoms with Crippen molar-refractivity contribution in [2.45, 2.75) is 19.9 Å². The summed E-state index contributed by atoms with van der Waals surface area (Å²) in [5, 5.41) is 7.35. The molecule has 29 heavy (non-hydrogen) atoms. The van der Waals surface area contributed by atoms with Gasteiger partial charge in [0.1, 0.15) is 5.69 Å². The Morgan fingerprint density at radius 2 is 2.00 bits per heavy atom. The molecule has 2 aromatic heterocycles. The predicted octanol–water partition coefficient (Wildman–Crippen LogP) is 4.15. The van der Waals surface area contributed by atoms with Gasteiger partial charge in [-0.2, -0.15) is 4.98 Å². The summed E-state index contributed by atoms with van der Waals surface area (Å²) in [5.74, 6) is 1.90. The number of guanidine groups is 1. The van der Waals surface area contributed by atoms with E-state index in [0.717, 1.165) is 23.5 Å². The average molecular weight is 571 g/mol. The molecule has 3 aromatic rings. The van der Waals surface area contributed by atoms with E-state index < -0.39 is 0 Å². The van der Waals surface area contributed by atoms with Gasteiger partial charge >= 0.3 is 0 Å². The maximum atomic E-state index is 5.29. The zero-order chi connectivity index (χ0) is 19.8. The van der Waals surface area contributed by atoms with Gasteiger partial charge in [-0.15, -0.1) is 24.0 Å². The lowest BCUT2D eigenvalue weighted by Gasteiger charge is -2.22. The molecule has 0 atom stereocenters. The van der Waals surface area contributed by atoms with Crippen LogP contribution in [0.5, 0.6) is 0 Å². The number of nitrogens with zero attached hydrogens (tertiary/aromatic N) is 5. The molecule has 0 saturated carbocycles. The van der Waals surface area contributed by atoms with Crippen molar-refractivity contribution in [2.75, 3.05) is 20.1 Å². The van der Waals surface area contributed by atoms with Gasteiger partial charge in [0.2, 0.25) is 0 Å². The van der Waals surface area contributed by atoms with Crippen LogP contribution in [0.1, 0.15) is 18.3 Å². The van der Waals surface area contributed by atoms with Crippen molar-refractivity contribution in [3.05, 3.63) is 64.5 Å². The summed E-state index contributed by atoms with van der Waals surface area (Å²) in [6, 6.07) is 13.9. The first kappa shape index (κ1) is 23.3. The van der Waals surface area contributed by atoms with Gasteiger partial charge in [-0.05, 0) is 36.8 Å². The second-order valence-electron chi connectivity index (χ2n) is 6.20. The fourth-order valence-corrected chi connectivity index (χ4v) is 2.88. The summed E-state index contributed by atoms with van der Waals surface area (Å²) in [4.78, 5) is 15.4. The second-order valence-corrected chi connectivity index (χ2v) is 7.11. The van der Waals surface area contributed by atoms with Crippen molar-refractivity contribution in [1.29, 1.82) is 0 Å². The van der Waals surface area contributed by atoms with Gasteiger partial charge in [0.25, 0.3) is 5.89 Å². The van der Waals surface area contributed by atoms with E-state index >= 15 is 0 Å². The van der Waals surface area contributed by atoms with Crippen LogP contribution in [-0.2, 0) is 13.0 Å². The normalized spacial score (nSPS) is 11.1. The molecule has 3 rings (SSSR count). The third kappa shape index (κ3) is 7.07. The van der Waals surface area contributed by atoms with Crippen LogP contribution in [0.4, 0.5) is 0 Å². The summed E-state index contributed by atoms with van der Waals surface area (Å²) in [5.41, 5.74) is 1.89. The maximum absolute atomic E-state index is 5.29. The highest BCUT2D eigenvalue weighted by Crippen LogP contribution is 2.14. The lowest BCUT2D eigenvalue weighted by atomic mass is 10.2. The van der Waals surface area contributed by atoms with Gasteiger partial charge < -0.3 is 14.7 Å². The van der Waals surface area contributed by atoms with Crippen molar-refractivity contribution in [2.24, 2.45) is 4.99 Å². The van der Waals surface area contributed by atoms with Crippen LogP contribution < -0.4 is 5.32 Å². The summed E-state index contributed by atoms with van der Waals surface area (Å²) in [6.07, 6.45) is 2.30. The first-order valence-electron chi connectivity index (χ1n) is 9.13. The molecule has 0 saturated heterocycles. The van der Waals surface area contributed by atoms with Gasteiger partial charge in [0.15, 0.2) is 11.8 Å². The lowest BCUT2D eigenvalue weighted by Crippen LogP contribution is -2.38. The monoisotopic (exact) mass is 570 g/mol. The van der Waals surface area contributed by atoms with Crippen molar-refractivity contribution >= 4 is 45.9 Å². The highest BCUT2D eigenvalue weighted by Gasteiger charge is 2.10. The Labute approximate surface area is 196 Å². The van der Waals surface area contributed by atoms with Crippen molar-refractivity contribution in [1.82, 2.24) is 25.3 Å². The summed E-state index contributed by atoms with van der Waals surface area (Å²) >= 11 is 3.47. The lowest BCUT2D eigenvalue weighted by molar-refractivity contribution is 0.421. The molecule has 154 valence electrons. The van der Waals surface area contributed by atoms with E-state index in [1.165, 1.54) is 5.56 Å². The van der Waals surface area contributed by atoms with Crippen molar-refractivity contribution in [3.63, 3.8) is 0 Å². The Morgan fingerprint density at radius 3 is 2.69 bits per heavy atom. The number of pyridine rings is 1. The average Bonchev–Trinajstić information content (AvgIpc) is 3.19. The topological polar surface area (TPSA) is 79.4 Å². The Kier molecular flexibility index (Phi) is 9.52. The molecule has 1 N–H and O–H groups in total.